The number of carbonyl (C=O) groups excluding carboxylic acids is 1. The number of hydrogen-bond acceptors (Lipinski definition) is 2. The first-order chi connectivity index (χ1) is 9.54. The lowest BCUT2D eigenvalue weighted by atomic mass is 10.1. The summed E-state index contributed by atoms with van der Waals surface area (Å²) >= 11 is 2.30. The number of amides is 1. The molecule has 1 atom stereocenters. The minimum absolute atomic E-state index is 0.0574. The summed E-state index contributed by atoms with van der Waals surface area (Å²) in [6, 6.07) is 16.4. The maximum atomic E-state index is 11.0. The minimum Gasteiger partial charge on any atom is -0.379 e. The Hall–Kier alpha value is -1.56. The van der Waals surface area contributed by atoms with Crippen molar-refractivity contribution in [2.24, 2.45) is 0 Å². The van der Waals surface area contributed by atoms with Crippen molar-refractivity contribution < 1.29 is 4.79 Å². The van der Waals surface area contributed by atoms with Gasteiger partial charge in [0.05, 0.1) is 0 Å². The van der Waals surface area contributed by atoms with E-state index in [-0.39, 0.29) is 11.9 Å². The zero-order chi connectivity index (χ0) is 14.5. The number of rotatable bonds is 4. The lowest BCUT2D eigenvalue weighted by Gasteiger charge is -2.16. The number of anilines is 2. The fourth-order valence-electron chi connectivity index (χ4n) is 1.94. The predicted molar refractivity (Wildman–Crippen MR) is 91.9 cm³/mol. The van der Waals surface area contributed by atoms with Crippen LogP contribution in [0.5, 0.6) is 0 Å². The van der Waals surface area contributed by atoms with E-state index in [1.807, 2.05) is 24.3 Å². The van der Waals surface area contributed by atoms with Crippen LogP contribution in [0.15, 0.2) is 48.5 Å². The summed E-state index contributed by atoms with van der Waals surface area (Å²) in [5, 5.41) is 6.20. The third-order valence-corrected chi connectivity index (χ3v) is 3.68. The number of nitrogens with one attached hydrogen (secondary N) is 2. The molecule has 2 aromatic carbocycles. The van der Waals surface area contributed by atoms with Crippen LogP contribution in [0.4, 0.5) is 11.4 Å². The van der Waals surface area contributed by atoms with Crippen molar-refractivity contribution >= 4 is 39.9 Å². The van der Waals surface area contributed by atoms with E-state index in [1.54, 1.807) is 0 Å². The van der Waals surface area contributed by atoms with Crippen molar-refractivity contribution in [3.63, 3.8) is 0 Å². The summed E-state index contributed by atoms with van der Waals surface area (Å²) in [7, 11) is 0. The highest BCUT2D eigenvalue weighted by molar-refractivity contribution is 14.1. The Balaban J connectivity index is 2.02. The number of halogens is 1. The summed E-state index contributed by atoms with van der Waals surface area (Å²) in [4.78, 5) is 11.0. The van der Waals surface area contributed by atoms with E-state index in [9.17, 15) is 4.79 Å². The number of benzene rings is 2. The second-order valence-electron chi connectivity index (χ2n) is 4.68. The molecule has 0 fully saturated rings. The van der Waals surface area contributed by atoms with Gasteiger partial charge in [-0.2, -0.15) is 0 Å². The molecule has 0 aliphatic carbocycles. The van der Waals surface area contributed by atoms with E-state index in [0.29, 0.717) is 0 Å². The molecule has 2 rings (SSSR count). The smallest absolute Gasteiger partial charge is 0.221 e. The molecular formula is C16H17IN2O. The Morgan fingerprint density at radius 3 is 2.10 bits per heavy atom. The summed E-state index contributed by atoms with van der Waals surface area (Å²) < 4.78 is 1.23. The van der Waals surface area contributed by atoms with Crippen molar-refractivity contribution in [2.45, 2.75) is 19.9 Å². The predicted octanol–water partition coefficient (Wildman–Crippen LogP) is 4.42. The average Bonchev–Trinajstić information content (AvgIpc) is 2.41. The highest BCUT2D eigenvalue weighted by Crippen LogP contribution is 2.21. The fraction of sp³-hybridized carbons (Fsp3) is 0.188. The summed E-state index contributed by atoms with van der Waals surface area (Å²) in [5.41, 5.74) is 3.09. The first kappa shape index (κ1) is 14.8. The maximum Gasteiger partial charge on any atom is 0.221 e. The quantitative estimate of drug-likeness (QED) is 0.771. The van der Waals surface area contributed by atoms with Crippen molar-refractivity contribution in [1.29, 1.82) is 0 Å². The average molecular weight is 380 g/mol. The number of carbonyl (C=O) groups is 1. The summed E-state index contributed by atoms with van der Waals surface area (Å²) in [5.74, 6) is -0.0574. The molecule has 3 nitrogen and oxygen atoms in total. The van der Waals surface area contributed by atoms with E-state index < -0.39 is 0 Å². The molecule has 0 radical (unpaired) electrons. The monoisotopic (exact) mass is 380 g/mol. The van der Waals surface area contributed by atoms with Gasteiger partial charge in [0.15, 0.2) is 0 Å². The molecule has 4 heteroatoms. The van der Waals surface area contributed by atoms with E-state index >= 15 is 0 Å². The van der Waals surface area contributed by atoms with Crippen LogP contribution in [0.1, 0.15) is 25.5 Å². The van der Waals surface area contributed by atoms with Gasteiger partial charge >= 0.3 is 0 Å². The molecule has 2 aromatic rings. The first-order valence-corrected chi connectivity index (χ1v) is 7.52. The SMILES string of the molecule is CC(=O)Nc1ccc(NC(C)c2ccc(I)cc2)cc1. The van der Waals surface area contributed by atoms with Crippen molar-refractivity contribution in [2.75, 3.05) is 10.6 Å². The van der Waals surface area contributed by atoms with Crippen LogP contribution in [0.3, 0.4) is 0 Å². The van der Waals surface area contributed by atoms with Crippen LogP contribution in [0.25, 0.3) is 0 Å². The second-order valence-corrected chi connectivity index (χ2v) is 5.92. The molecule has 0 aliphatic heterocycles. The Morgan fingerprint density at radius 1 is 1.00 bits per heavy atom. The minimum atomic E-state index is -0.0574. The van der Waals surface area contributed by atoms with Crippen LogP contribution in [0, 0.1) is 3.57 Å². The van der Waals surface area contributed by atoms with Gasteiger partial charge in [0.25, 0.3) is 0 Å². The fourth-order valence-corrected chi connectivity index (χ4v) is 2.30. The lowest BCUT2D eigenvalue weighted by molar-refractivity contribution is -0.114. The van der Waals surface area contributed by atoms with Gasteiger partial charge in [-0.15, -0.1) is 0 Å². The van der Waals surface area contributed by atoms with Gasteiger partial charge in [-0.05, 0) is 71.5 Å². The number of hydrogen-bond donors (Lipinski definition) is 2. The zero-order valence-electron chi connectivity index (χ0n) is 11.5. The Bertz CT molecular complexity index is 578. The van der Waals surface area contributed by atoms with Crippen molar-refractivity contribution in [3.8, 4) is 0 Å². The molecule has 0 saturated heterocycles. The van der Waals surface area contributed by atoms with Crippen LogP contribution in [-0.2, 0) is 4.79 Å². The maximum absolute atomic E-state index is 11.0. The molecule has 20 heavy (non-hydrogen) atoms. The second kappa shape index (κ2) is 6.74. The largest absolute Gasteiger partial charge is 0.379 e. The van der Waals surface area contributed by atoms with Gasteiger partial charge in [-0.1, -0.05) is 12.1 Å². The molecule has 0 aromatic heterocycles. The van der Waals surface area contributed by atoms with Gasteiger partial charge in [0, 0.05) is 27.9 Å². The van der Waals surface area contributed by atoms with Gasteiger partial charge in [-0.3, -0.25) is 4.79 Å². The molecule has 1 unspecified atom stereocenters. The van der Waals surface area contributed by atoms with E-state index in [4.69, 9.17) is 0 Å². The summed E-state index contributed by atoms with van der Waals surface area (Å²) in [6.45, 7) is 3.63. The highest BCUT2D eigenvalue weighted by atomic mass is 127. The third kappa shape index (κ3) is 4.23. The van der Waals surface area contributed by atoms with E-state index in [2.05, 4.69) is 64.4 Å². The zero-order valence-corrected chi connectivity index (χ0v) is 13.6. The van der Waals surface area contributed by atoms with E-state index in [1.165, 1.54) is 16.1 Å². The molecule has 104 valence electrons. The topological polar surface area (TPSA) is 41.1 Å². The molecular weight excluding hydrogens is 363 g/mol. The Labute approximate surface area is 132 Å². The summed E-state index contributed by atoms with van der Waals surface area (Å²) in [6.07, 6.45) is 0. The van der Waals surface area contributed by atoms with Gasteiger partial charge in [0.2, 0.25) is 5.91 Å². The Kier molecular flexibility index (Phi) is 5.00. The highest BCUT2D eigenvalue weighted by Gasteiger charge is 2.05. The first-order valence-electron chi connectivity index (χ1n) is 6.44. The van der Waals surface area contributed by atoms with Crippen molar-refractivity contribution in [3.05, 3.63) is 57.7 Å². The molecule has 0 spiro atoms. The molecule has 0 bridgehead atoms. The standard InChI is InChI=1S/C16H17IN2O/c1-11(13-3-5-14(17)6-4-13)18-15-7-9-16(10-8-15)19-12(2)20/h3-11,18H,1-2H3,(H,19,20). The van der Waals surface area contributed by atoms with Gasteiger partial charge < -0.3 is 10.6 Å². The molecule has 2 N–H and O–H groups in total. The van der Waals surface area contributed by atoms with E-state index in [0.717, 1.165) is 11.4 Å². The molecule has 0 heterocycles. The normalized spacial score (nSPS) is 11.8. The van der Waals surface area contributed by atoms with Crippen LogP contribution in [-0.4, -0.2) is 5.91 Å². The van der Waals surface area contributed by atoms with Gasteiger partial charge in [0.1, 0.15) is 0 Å². The lowest BCUT2D eigenvalue weighted by Crippen LogP contribution is -2.08. The molecule has 0 saturated carbocycles. The molecule has 0 aliphatic rings. The van der Waals surface area contributed by atoms with Crippen LogP contribution in [0.2, 0.25) is 0 Å². The Morgan fingerprint density at radius 2 is 1.55 bits per heavy atom. The van der Waals surface area contributed by atoms with Crippen LogP contribution < -0.4 is 10.6 Å². The van der Waals surface area contributed by atoms with Crippen LogP contribution >= 0.6 is 22.6 Å². The van der Waals surface area contributed by atoms with Crippen molar-refractivity contribution in [1.82, 2.24) is 0 Å². The third-order valence-electron chi connectivity index (χ3n) is 2.96. The van der Waals surface area contributed by atoms with Gasteiger partial charge in [-0.25, -0.2) is 0 Å². The molecule has 1 amide bonds.